The smallest absolute Gasteiger partial charge is 0.136 e. The van der Waals surface area contributed by atoms with Gasteiger partial charge in [-0.05, 0) is 43.0 Å². The second-order valence-corrected chi connectivity index (χ2v) is 6.91. The number of anilines is 1. The van der Waals surface area contributed by atoms with Gasteiger partial charge in [-0.15, -0.1) is 10.2 Å². The molecule has 1 heterocycles. The summed E-state index contributed by atoms with van der Waals surface area (Å²) >= 11 is 0. The zero-order chi connectivity index (χ0) is 19.8. The minimum Gasteiger partial charge on any atom is -0.388 e. The molecule has 0 unspecified atom stereocenters. The number of fused-ring (bicyclic) bond motifs is 1. The highest BCUT2D eigenvalue weighted by Gasteiger charge is 2.27. The highest BCUT2D eigenvalue weighted by atomic mass is 16.1. The van der Waals surface area contributed by atoms with E-state index in [1.54, 1.807) is 0 Å². The lowest BCUT2D eigenvalue weighted by Crippen LogP contribution is -2.11. The third-order valence-corrected chi connectivity index (χ3v) is 5.14. The van der Waals surface area contributed by atoms with Gasteiger partial charge in [0.25, 0.3) is 0 Å². The molecule has 1 aromatic heterocycles. The number of nitrogens with zero attached hydrogens (tertiary/aromatic N) is 3. The standard InChI is InChI=1S/C16H19N3O.C7H9N/c1-2-19-15(8-5-9-20)17-18-16(19)14-10-12-6-3-4-7-13(12)11-14;1-8-7-5-3-2-4-6-7/h3-4,6-7,9,14H,2,5,8,10-11H2,1H3;2-6,8H,1H3. The van der Waals surface area contributed by atoms with Gasteiger partial charge in [0.1, 0.15) is 17.9 Å². The van der Waals surface area contributed by atoms with E-state index in [2.05, 4.69) is 51.3 Å². The predicted octanol–water partition coefficient (Wildman–Crippen LogP) is 4.04. The van der Waals surface area contributed by atoms with Crippen molar-refractivity contribution in [1.29, 1.82) is 0 Å². The van der Waals surface area contributed by atoms with Crippen molar-refractivity contribution in [2.24, 2.45) is 0 Å². The molecule has 28 heavy (non-hydrogen) atoms. The molecule has 3 aromatic rings. The Morgan fingerprint density at radius 1 is 1.04 bits per heavy atom. The maximum absolute atomic E-state index is 10.5. The molecule has 1 N–H and O–H groups in total. The van der Waals surface area contributed by atoms with Crippen LogP contribution in [-0.2, 0) is 30.6 Å². The fraction of sp³-hybridized carbons (Fsp3) is 0.348. The Hall–Kier alpha value is -2.95. The van der Waals surface area contributed by atoms with Crippen molar-refractivity contribution in [1.82, 2.24) is 14.8 Å². The first-order chi connectivity index (χ1) is 13.8. The number of nitrogens with one attached hydrogen (secondary N) is 1. The van der Waals surface area contributed by atoms with Crippen molar-refractivity contribution in [2.45, 2.75) is 45.1 Å². The summed E-state index contributed by atoms with van der Waals surface area (Å²) in [5, 5.41) is 11.7. The number of hydrogen-bond donors (Lipinski definition) is 1. The Bertz CT molecular complexity index is 864. The molecule has 1 aliphatic carbocycles. The Balaban J connectivity index is 0.000000236. The van der Waals surface area contributed by atoms with Crippen LogP contribution in [0.2, 0.25) is 0 Å². The third kappa shape index (κ3) is 4.66. The topological polar surface area (TPSA) is 59.8 Å². The largest absolute Gasteiger partial charge is 0.388 e. The average Bonchev–Trinajstić information content (AvgIpc) is 3.36. The van der Waals surface area contributed by atoms with E-state index in [1.807, 2.05) is 37.4 Å². The first-order valence-electron chi connectivity index (χ1n) is 9.92. The molecule has 1 aliphatic rings. The number of carbonyl (C=O) groups excluding carboxylic acids is 1. The van der Waals surface area contributed by atoms with Gasteiger partial charge in [-0.3, -0.25) is 0 Å². The van der Waals surface area contributed by atoms with E-state index in [1.165, 1.54) is 11.1 Å². The SMILES string of the molecule is CCn1c(CCC=O)nnc1C1Cc2ccccc2C1.CNc1ccccc1. The molecular weight excluding hydrogens is 348 g/mol. The minimum atomic E-state index is 0.421. The molecule has 0 aliphatic heterocycles. The second kappa shape index (κ2) is 9.83. The van der Waals surface area contributed by atoms with Gasteiger partial charge in [0, 0.05) is 38.0 Å². The van der Waals surface area contributed by atoms with Crippen LogP contribution in [0.3, 0.4) is 0 Å². The molecule has 0 bridgehead atoms. The van der Waals surface area contributed by atoms with E-state index >= 15 is 0 Å². The van der Waals surface area contributed by atoms with Gasteiger partial charge in [0.05, 0.1) is 0 Å². The summed E-state index contributed by atoms with van der Waals surface area (Å²) in [5.41, 5.74) is 4.02. The number of benzene rings is 2. The van der Waals surface area contributed by atoms with E-state index in [9.17, 15) is 4.79 Å². The van der Waals surface area contributed by atoms with Crippen molar-refractivity contribution in [3.8, 4) is 0 Å². The van der Waals surface area contributed by atoms with Gasteiger partial charge in [-0.25, -0.2) is 0 Å². The molecule has 0 saturated heterocycles. The first-order valence-corrected chi connectivity index (χ1v) is 9.92. The molecule has 0 amide bonds. The molecule has 2 aromatic carbocycles. The van der Waals surface area contributed by atoms with Crippen molar-refractivity contribution >= 4 is 12.0 Å². The van der Waals surface area contributed by atoms with Crippen molar-refractivity contribution in [3.05, 3.63) is 77.4 Å². The van der Waals surface area contributed by atoms with Crippen LogP contribution < -0.4 is 5.32 Å². The van der Waals surface area contributed by atoms with Gasteiger partial charge >= 0.3 is 0 Å². The number of aldehydes is 1. The van der Waals surface area contributed by atoms with E-state index in [-0.39, 0.29) is 0 Å². The molecule has 0 spiro atoms. The quantitative estimate of drug-likeness (QED) is 0.660. The van der Waals surface area contributed by atoms with E-state index in [4.69, 9.17) is 0 Å². The molecule has 5 nitrogen and oxygen atoms in total. The summed E-state index contributed by atoms with van der Waals surface area (Å²) in [7, 11) is 1.91. The Morgan fingerprint density at radius 3 is 2.21 bits per heavy atom. The van der Waals surface area contributed by atoms with Gasteiger partial charge in [-0.1, -0.05) is 42.5 Å². The molecular formula is C23H28N4O. The zero-order valence-corrected chi connectivity index (χ0v) is 16.6. The summed E-state index contributed by atoms with van der Waals surface area (Å²) in [6.45, 7) is 2.97. The van der Waals surface area contributed by atoms with E-state index in [0.29, 0.717) is 18.8 Å². The lowest BCUT2D eigenvalue weighted by molar-refractivity contribution is -0.107. The minimum absolute atomic E-state index is 0.421. The molecule has 0 fully saturated rings. The highest BCUT2D eigenvalue weighted by Crippen LogP contribution is 2.33. The Kier molecular flexibility index (Phi) is 6.95. The lowest BCUT2D eigenvalue weighted by Gasteiger charge is -2.11. The summed E-state index contributed by atoms with van der Waals surface area (Å²) in [5.74, 6) is 2.43. The van der Waals surface area contributed by atoms with Gasteiger partial charge in [-0.2, -0.15) is 0 Å². The fourth-order valence-electron chi connectivity index (χ4n) is 3.71. The number of para-hydroxylation sites is 1. The lowest BCUT2D eigenvalue weighted by atomic mass is 10.1. The molecule has 5 heteroatoms. The van der Waals surface area contributed by atoms with Crippen LogP contribution in [0.4, 0.5) is 5.69 Å². The number of rotatable bonds is 6. The Morgan fingerprint density at radius 2 is 1.68 bits per heavy atom. The van der Waals surface area contributed by atoms with Crippen LogP contribution in [0, 0.1) is 0 Å². The molecule has 0 atom stereocenters. The molecule has 0 saturated carbocycles. The van der Waals surface area contributed by atoms with E-state index < -0.39 is 0 Å². The summed E-state index contributed by atoms with van der Waals surface area (Å²) in [4.78, 5) is 10.5. The predicted molar refractivity (Wildman–Crippen MR) is 113 cm³/mol. The first kappa shape index (κ1) is 19.8. The average molecular weight is 377 g/mol. The Labute approximate surface area is 166 Å². The van der Waals surface area contributed by atoms with Gasteiger partial charge in [0.2, 0.25) is 0 Å². The molecule has 4 rings (SSSR count). The van der Waals surface area contributed by atoms with Crippen LogP contribution in [0.25, 0.3) is 0 Å². The van der Waals surface area contributed by atoms with Gasteiger partial charge < -0.3 is 14.7 Å². The fourth-order valence-corrected chi connectivity index (χ4v) is 3.71. The van der Waals surface area contributed by atoms with Crippen LogP contribution in [0.1, 0.15) is 42.0 Å². The summed E-state index contributed by atoms with van der Waals surface area (Å²) in [6, 6.07) is 18.7. The van der Waals surface area contributed by atoms with Crippen LogP contribution >= 0.6 is 0 Å². The van der Waals surface area contributed by atoms with Crippen molar-refractivity contribution in [3.63, 3.8) is 0 Å². The van der Waals surface area contributed by atoms with Crippen molar-refractivity contribution < 1.29 is 4.79 Å². The second-order valence-electron chi connectivity index (χ2n) is 6.91. The van der Waals surface area contributed by atoms with E-state index in [0.717, 1.165) is 43.0 Å². The van der Waals surface area contributed by atoms with Gasteiger partial charge in [0.15, 0.2) is 0 Å². The third-order valence-electron chi connectivity index (χ3n) is 5.14. The number of carbonyl (C=O) groups is 1. The molecule has 0 radical (unpaired) electrons. The summed E-state index contributed by atoms with van der Waals surface area (Å²) < 4.78 is 2.18. The van der Waals surface area contributed by atoms with Crippen molar-refractivity contribution in [2.75, 3.05) is 12.4 Å². The number of hydrogen-bond acceptors (Lipinski definition) is 4. The highest BCUT2D eigenvalue weighted by molar-refractivity contribution is 5.49. The summed E-state index contributed by atoms with van der Waals surface area (Å²) in [6.07, 6.45) is 4.23. The number of aromatic nitrogens is 3. The monoisotopic (exact) mass is 376 g/mol. The maximum Gasteiger partial charge on any atom is 0.136 e. The zero-order valence-electron chi connectivity index (χ0n) is 16.6. The number of aryl methyl sites for hydroxylation is 1. The molecule has 146 valence electrons. The maximum atomic E-state index is 10.5. The van der Waals surface area contributed by atoms with Crippen LogP contribution in [0.5, 0.6) is 0 Å². The van der Waals surface area contributed by atoms with Crippen LogP contribution in [-0.4, -0.2) is 28.1 Å². The van der Waals surface area contributed by atoms with Crippen LogP contribution in [0.15, 0.2) is 54.6 Å². The normalized spacial score (nSPS) is 12.8.